The van der Waals surface area contributed by atoms with Gasteiger partial charge in [-0.2, -0.15) is 0 Å². The first-order chi connectivity index (χ1) is 6.88. The zero-order valence-electron chi connectivity index (χ0n) is 8.52. The van der Waals surface area contributed by atoms with Crippen molar-refractivity contribution < 1.29 is 10.0 Å². The second kappa shape index (κ2) is 3.62. The van der Waals surface area contributed by atoms with E-state index in [4.69, 9.17) is 6.42 Å². The van der Waals surface area contributed by atoms with E-state index in [0.717, 1.165) is 0 Å². The standard InChI is InChI=1S/C11H11NO3/c1-4-11(2,3)9-7-8(12(14)15)5-6-10(9)13/h1,5-7,13H,2-3H3. The largest absolute Gasteiger partial charge is 0.508 e. The fourth-order valence-corrected chi connectivity index (χ4v) is 1.22. The van der Waals surface area contributed by atoms with Gasteiger partial charge in [-0.05, 0) is 19.9 Å². The SMILES string of the molecule is C#CC(C)(C)c1cc([N+](=O)[O-])ccc1O. The van der Waals surface area contributed by atoms with Crippen molar-refractivity contribution in [2.75, 3.05) is 0 Å². The molecule has 0 aromatic heterocycles. The zero-order valence-corrected chi connectivity index (χ0v) is 8.52. The molecule has 0 bridgehead atoms. The maximum atomic E-state index is 10.6. The van der Waals surface area contributed by atoms with Gasteiger partial charge in [0.2, 0.25) is 0 Å². The highest BCUT2D eigenvalue weighted by atomic mass is 16.6. The molecule has 0 aliphatic carbocycles. The van der Waals surface area contributed by atoms with Gasteiger partial charge in [-0.15, -0.1) is 6.42 Å². The summed E-state index contributed by atoms with van der Waals surface area (Å²) in [7, 11) is 0. The van der Waals surface area contributed by atoms with E-state index in [1.54, 1.807) is 13.8 Å². The van der Waals surface area contributed by atoms with Crippen molar-refractivity contribution in [2.24, 2.45) is 0 Å². The normalized spacial score (nSPS) is 10.7. The molecule has 1 rings (SSSR count). The number of nitrogens with zero attached hydrogens (tertiary/aromatic N) is 1. The summed E-state index contributed by atoms with van der Waals surface area (Å²) in [5, 5.41) is 20.1. The maximum Gasteiger partial charge on any atom is 0.270 e. The molecule has 1 N–H and O–H groups in total. The Balaban J connectivity index is 3.36. The summed E-state index contributed by atoms with van der Waals surface area (Å²) in [6.07, 6.45) is 5.30. The van der Waals surface area contributed by atoms with Crippen LogP contribution in [-0.4, -0.2) is 10.0 Å². The third-order valence-corrected chi connectivity index (χ3v) is 2.23. The fraction of sp³-hybridized carbons (Fsp3) is 0.273. The lowest BCUT2D eigenvalue weighted by Gasteiger charge is -2.18. The maximum absolute atomic E-state index is 10.6. The van der Waals surface area contributed by atoms with Gasteiger partial charge in [0.25, 0.3) is 5.69 Å². The number of rotatable bonds is 2. The van der Waals surface area contributed by atoms with Gasteiger partial charge in [0.15, 0.2) is 0 Å². The van der Waals surface area contributed by atoms with Crippen molar-refractivity contribution >= 4 is 5.69 Å². The minimum Gasteiger partial charge on any atom is -0.508 e. The number of aromatic hydroxyl groups is 1. The van der Waals surface area contributed by atoms with Gasteiger partial charge in [0.05, 0.1) is 10.3 Å². The highest BCUT2D eigenvalue weighted by molar-refractivity contribution is 5.49. The summed E-state index contributed by atoms with van der Waals surface area (Å²) in [4.78, 5) is 10.0. The van der Waals surface area contributed by atoms with E-state index >= 15 is 0 Å². The van der Waals surface area contributed by atoms with Gasteiger partial charge < -0.3 is 5.11 Å². The van der Waals surface area contributed by atoms with Crippen LogP contribution in [0, 0.1) is 22.5 Å². The third-order valence-electron chi connectivity index (χ3n) is 2.23. The first-order valence-corrected chi connectivity index (χ1v) is 4.34. The summed E-state index contributed by atoms with van der Waals surface area (Å²) in [5.41, 5.74) is -0.416. The average Bonchev–Trinajstić information content (AvgIpc) is 2.17. The number of non-ortho nitro benzene ring substituents is 1. The average molecular weight is 205 g/mol. The lowest BCUT2D eigenvalue weighted by atomic mass is 9.85. The number of benzene rings is 1. The number of nitro groups is 1. The van der Waals surface area contributed by atoms with Crippen LogP contribution in [0.5, 0.6) is 5.75 Å². The number of nitro benzene ring substituents is 1. The third kappa shape index (κ3) is 2.08. The van der Waals surface area contributed by atoms with Crippen LogP contribution in [-0.2, 0) is 5.41 Å². The van der Waals surface area contributed by atoms with E-state index in [1.807, 2.05) is 0 Å². The zero-order chi connectivity index (χ0) is 11.6. The molecule has 0 atom stereocenters. The van der Waals surface area contributed by atoms with Crippen molar-refractivity contribution in [2.45, 2.75) is 19.3 Å². The van der Waals surface area contributed by atoms with E-state index < -0.39 is 10.3 Å². The molecule has 1 aromatic carbocycles. The van der Waals surface area contributed by atoms with Crippen LogP contribution >= 0.6 is 0 Å². The summed E-state index contributed by atoms with van der Waals surface area (Å²) in [5.74, 6) is 2.46. The molecular formula is C11H11NO3. The predicted octanol–water partition coefficient (Wildman–Crippen LogP) is 2.21. The number of hydrogen-bond acceptors (Lipinski definition) is 3. The van der Waals surface area contributed by atoms with E-state index in [1.165, 1.54) is 18.2 Å². The summed E-state index contributed by atoms with van der Waals surface area (Å²) < 4.78 is 0. The molecule has 0 aliphatic rings. The van der Waals surface area contributed by atoms with E-state index in [2.05, 4.69) is 5.92 Å². The number of terminal acetylenes is 1. The van der Waals surface area contributed by atoms with Crippen LogP contribution in [0.4, 0.5) is 5.69 Å². The summed E-state index contributed by atoms with van der Waals surface area (Å²) in [6, 6.07) is 3.83. The Hall–Kier alpha value is -2.02. The number of phenols is 1. The van der Waals surface area contributed by atoms with Crippen molar-refractivity contribution in [3.05, 3.63) is 33.9 Å². The Labute approximate surface area is 87.7 Å². The van der Waals surface area contributed by atoms with Crippen LogP contribution in [0.2, 0.25) is 0 Å². The molecule has 0 spiro atoms. The number of hydrogen-bond donors (Lipinski definition) is 1. The van der Waals surface area contributed by atoms with E-state index in [0.29, 0.717) is 5.56 Å². The van der Waals surface area contributed by atoms with Crippen molar-refractivity contribution in [3.8, 4) is 18.1 Å². The van der Waals surface area contributed by atoms with Gasteiger partial charge in [0, 0.05) is 17.7 Å². The second-order valence-corrected chi connectivity index (χ2v) is 3.73. The molecule has 0 fully saturated rings. The molecule has 4 heteroatoms. The Morgan fingerprint density at radius 2 is 2.13 bits per heavy atom. The van der Waals surface area contributed by atoms with Crippen LogP contribution in [0.3, 0.4) is 0 Å². The molecule has 1 aromatic rings. The minimum atomic E-state index is -0.726. The first-order valence-electron chi connectivity index (χ1n) is 4.34. The molecule has 0 saturated heterocycles. The van der Waals surface area contributed by atoms with E-state index in [-0.39, 0.29) is 11.4 Å². The highest BCUT2D eigenvalue weighted by Crippen LogP contribution is 2.33. The monoisotopic (exact) mass is 205 g/mol. The van der Waals surface area contributed by atoms with Crippen LogP contribution in [0.1, 0.15) is 19.4 Å². The van der Waals surface area contributed by atoms with Crippen molar-refractivity contribution in [1.82, 2.24) is 0 Å². The fourth-order valence-electron chi connectivity index (χ4n) is 1.22. The molecule has 15 heavy (non-hydrogen) atoms. The molecule has 4 nitrogen and oxygen atoms in total. The molecule has 0 amide bonds. The van der Waals surface area contributed by atoms with Gasteiger partial charge in [-0.3, -0.25) is 10.1 Å². The Bertz CT molecular complexity index is 444. The van der Waals surface area contributed by atoms with E-state index in [9.17, 15) is 15.2 Å². The second-order valence-electron chi connectivity index (χ2n) is 3.73. The smallest absolute Gasteiger partial charge is 0.270 e. The Morgan fingerprint density at radius 3 is 2.60 bits per heavy atom. The van der Waals surface area contributed by atoms with Gasteiger partial charge in [-0.1, -0.05) is 5.92 Å². The Morgan fingerprint density at radius 1 is 1.53 bits per heavy atom. The molecule has 0 saturated carbocycles. The molecule has 0 heterocycles. The van der Waals surface area contributed by atoms with Crippen molar-refractivity contribution in [3.63, 3.8) is 0 Å². The lowest BCUT2D eigenvalue weighted by molar-refractivity contribution is -0.385. The predicted molar refractivity (Wildman–Crippen MR) is 56.6 cm³/mol. The van der Waals surface area contributed by atoms with Crippen LogP contribution in [0.15, 0.2) is 18.2 Å². The first kappa shape index (κ1) is 11.1. The summed E-state index contributed by atoms with van der Waals surface area (Å²) in [6.45, 7) is 3.43. The van der Waals surface area contributed by atoms with Gasteiger partial charge in [-0.25, -0.2) is 0 Å². The quantitative estimate of drug-likeness (QED) is 0.457. The molecule has 0 radical (unpaired) electrons. The molecular weight excluding hydrogens is 194 g/mol. The van der Waals surface area contributed by atoms with Crippen molar-refractivity contribution in [1.29, 1.82) is 0 Å². The van der Waals surface area contributed by atoms with Gasteiger partial charge in [0.1, 0.15) is 5.75 Å². The lowest BCUT2D eigenvalue weighted by Crippen LogP contribution is -2.14. The van der Waals surface area contributed by atoms with Crippen LogP contribution < -0.4 is 0 Å². The Kier molecular flexibility index (Phi) is 2.67. The minimum absolute atomic E-state index is 0.0245. The summed E-state index contributed by atoms with van der Waals surface area (Å²) >= 11 is 0. The molecule has 78 valence electrons. The molecule has 0 aliphatic heterocycles. The number of phenolic OH excluding ortho intramolecular Hbond substituents is 1. The topological polar surface area (TPSA) is 63.4 Å². The van der Waals surface area contributed by atoms with Crippen LogP contribution in [0.25, 0.3) is 0 Å². The highest BCUT2D eigenvalue weighted by Gasteiger charge is 2.23. The molecule has 0 unspecified atom stereocenters. The van der Waals surface area contributed by atoms with Gasteiger partial charge >= 0.3 is 0 Å².